The van der Waals surface area contributed by atoms with Crippen LogP contribution in [0, 0.1) is 10.1 Å². The van der Waals surface area contributed by atoms with Gasteiger partial charge in [-0.3, -0.25) is 14.3 Å². The monoisotopic (exact) mass is 407 g/mol. The fourth-order valence-corrected chi connectivity index (χ4v) is 3.28. The number of nitrogens with zero attached hydrogens (tertiary/aromatic N) is 4. The van der Waals surface area contributed by atoms with Gasteiger partial charge >= 0.3 is 11.8 Å². The van der Waals surface area contributed by atoms with Crippen molar-refractivity contribution in [3.63, 3.8) is 0 Å². The molecule has 2 heterocycles. The van der Waals surface area contributed by atoms with Crippen molar-refractivity contribution >= 4 is 17.4 Å². The third-order valence-electron chi connectivity index (χ3n) is 4.86. The number of carbonyl (C=O) groups is 1. The van der Waals surface area contributed by atoms with Crippen LogP contribution in [0.25, 0.3) is 0 Å². The molecule has 0 saturated heterocycles. The number of rotatable bonds is 5. The number of fused-ring (bicyclic) bond motifs is 1. The molecule has 4 rings (SSSR count). The van der Waals surface area contributed by atoms with Gasteiger partial charge in [-0.15, -0.1) is 0 Å². The summed E-state index contributed by atoms with van der Waals surface area (Å²) in [4.78, 5) is 28.9. The van der Waals surface area contributed by atoms with Gasteiger partial charge in [0.05, 0.1) is 0 Å². The van der Waals surface area contributed by atoms with Gasteiger partial charge in [0.1, 0.15) is 12.8 Å². The number of hydrogen-bond donors (Lipinski definition) is 1. The Morgan fingerprint density at radius 1 is 1.10 bits per heavy atom. The molecule has 1 aliphatic rings. The summed E-state index contributed by atoms with van der Waals surface area (Å²) in [6.07, 6.45) is 1.40. The third kappa shape index (κ3) is 4.64. The Labute approximate surface area is 173 Å². The van der Waals surface area contributed by atoms with Crippen LogP contribution in [0.15, 0.2) is 60.8 Å². The van der Waals surface area contributed by atoms with Crippen LogP contribution in [0.2, 0.25) is 0 Å². The zero-order valence-electron chi connectivity index (χ0n) is 16.2. The average molecular weight is 407 g/mol. The van der Waals surface area contributed by atoms with Crippen LogP contribution in [0.5, 0.6) is 6.01 Å². The molecule has 1 N–H and O–H groups in total. The van der Waals surface area contributed by atoms with Gasteiger partial charge in [0, 0.05) is 42.4 Å². The quantitative estimate of drug-likeness (QED) is 0.515. The molecule has 3 aromatic rings. The van der Waals surface area contributed by atoms with E-state index in [0.717, 1.165) is 11.3 Å². The minimum atomic E-state index is -0.519. The lowest BCUT2D eigenvalue weighted by molar-refractivity contribution is -0.389. The number of benzene rings is 2. The van der Waals surface area contributed by atoms with Crippen molar-refractivity contribution in [3.05, 3.63) is 82.0 Å². The average Bonchev–Trinajstić information content (AvgIpc) is 3.14. The first-order valence-corrected chi connectivity index (χ1v) is 9.60. The lowest BCUT2D eigenvalue weighted by Crippen LogP contribution is -2.33. The van der Waals surface area contributed by atoms with Gasteiger partial charge in [-0.25, -0.2) is 0 Å². The molecule has 154 valence electrons. The molecule has 1 aromatic heterocycles. The number of nitro groups is 1. The summed E-state index contributed by atoms with van der Waals surface area (Å²) in [5.74, 6) is -0.357. The minimum absolute atomic E-state index is 0.151. The van der Waals surface area contributed by atoms with Gasteiger partial charge in [-0.05, 0) is 34.8 Å². The molecule has 1 aliphatic heterocycles. The number of imidazole rings is 1. The first kappa shape index (κ1) is 19.6. The maximum absolute atomic E-state index is 12.4. The summed E-state index contributed by atoms with van der Waals surface area (Å²) in [5.41, 5.74) is 2.42. The van der Waals surface area contributed by atoms with E-state index in [4.69, 9.17) is 4.74 Å². The lowest BCUT2D eigenvalue weighted by atomic mass is 10.1. The molecule has 0 spiro atoms. The maximum Gasteiger partial charge on any atom is 0.414 e. The number of ether oxygens (including phenoxy) is 1. The van der Waals surface area contributed by atoms with Gasteiger partial charge in [0.25, 0.3) is 5.91 Å². The van der Waals surface area contributed by atoms with Crippen LogP contribution in [-0.4, -0.2) is 45.0 Å². The maximum atomic E-state index is 12.4. The molecule has 0 unspecified atom stereocenters. The highest BCUT2D eigenvalue weighted by Crippen LogP contribution is 2.19. The van der Waals surface area contributed by atoms with Crippen LogP contribution < -0.4 is 10.1 Å². The Morgan fingerprint density at radius 3 is 2.60 bits per heavy atom. The van der Waals surface area contributed by atoms with Crippen molar-refractivity contribution in [1.29, 1.82) is 0 Å². The molecule has 0 radical (unpaired) electrons. The summed E-state index contributed by atoms with van der Waals surface area (Å²) < 4.78 is 7.26. The first-order chi connectivity index (χ1) is 14.6. The number of amides is 1. The molecule has 0 atom stereocenters. The second-order valence-corrected chi connectivity index (χ2v) is 6.97. The topological polar surface area (TPSA) is 103 Å². The van der Waals surface area contributed by atoms with Crippen LogP contribution >= 0.6 is 0 Å². The molecule has 0 bridgehead atoms. The summed E-state index contributed by atoms with van der Waals surface area (Å²) >= 11 is 0. The molecule has 0 fully saturated rings. The molecule has 9 nitrogen and oxygen atoms in total. The second-order valence-electron chi connectivity index (χ2n) is 6.97. The number of hydrogen-bond acceptors (Lipinski definition) is 6. The van der Waals surface area contributed by atoms with Gasteiger partial charge in [-0.1, -0.05) is 30.3 Å². The minimum Gasteiger partial charge on any atom is -0.444 e. The number of nitrogens with one attached hydrogen (secondary N) is 1. The highest BCUT2D eigenvalue weighted by Gasteiger charge is 2.22. The van der Waals surface area contributed by atoms with Gasteiger partial charge < -0.3 is 20.2 Å². The SMILES string of the molecule is O=C(Nc1ccccc1)c1ccc(CN2CCOc3nc([N+](=O)[O-])cn3CC2)cc1. The Hall–Kier alpha value is -3.72. The molecule has 1 amide bonds. The van der Waals surface area contributed by atoms with Gasteiger partial charge in [0.2, 0.25) is 0 Å². The predicted molar refractivity (Wildman–Crippen MR) is 110 cm³/mol. The fourth-order valence-electron chi connectivity index (χ4n) is 3.28. The normalized spacial score (nSPS) is 14.1. The van der Waals surface area contributed by atoms with E-state index >= 15 is 0 Å². The summed E-state index contributed by atoms with van der Waals surface area (Å²) in [5, 5.41) is 13.8. The van der Waals surface area contributed by atoms with E-state index in [9.17, 15) is 14.9 Å². The zero-order chi connectivity index (χ0) is 20.9. The van der Waals surface area contributed by atoms with E-state index in [1.165, 1.54) is 6.20 Å². The van der Waals surface area contributed by atoms with Crippen molar-refractivity contribution in [1.82, 2.24) is 14.5 Å². The molecular formula is C21H21N5O4. The molecular weight excluding hydrogens is 386 g/mol. The number of para-hydroxylation sites is 1. The van der Waals surface area contributed by atoms with Crippen molar-refractivity contribution < 1.29 is 14.5 Å². The largest absolute Gasteiger partial charge is 0.444 e. The fraction of sp³-hybridized carbons (Fsp3) is 0.238. The molecule has 0 saturated carbocycles. The molecule has 2 aromatic carbocycles. The van der Waals surface area contributed by atoms with Gasteiger partial charge in [0.15, 0.2) is 0 Å². The van der Waals surface area contributed by atoms with E-state index in [-0.39, 0.29) is 17.7 Å². The smallest absolute Gasteiger partial charge is 0.414 e. The highest BCUT2D eigenvalue weighted by atomic mass is 16.6. The molecule has 9 heteroatoms. The highest BCUT2D eigenvalue weighted by molar-refractivity contribution is 6.04. The predicted octanol–water partition coefficient (Wildman–Crippen LogP) is 2.94. The van der Waals surface area contributed by atoms with Crippen molar-refractivity contribution in [2.45, 2.75) is 13.1 Å². The van der Waals surface area contributed by atoms with Crippen LogP contribution in [0.3, 0.4) is 0 Å². The van der Waals surface area contributed by atoms with Crippen LogP contribution in [-0.2, 0) is 13.1 Å². The van der Waals surface area contributed by atoms with Crippen LogP contribution in [0.1, 0.15) is 15.9 Å². The molecule has 30 heavy (non-hydrogen) atoms. The number of aromatic nitrogens is 2. The van der Waals surface area contributed by atoms with Crippen molar-refractivity contribution in [2.24, 2.45) is 0 Å². The van der Waals surface area contributed by atoms with E-state index in [1.807, 2.05) is 54.6 Å². The van der Waals surface area contributed by atoms with E-state index in [2.05, 4.69) is 15.2 Å². The number of carbonyl (C=O) groups excluding carboxylic acids is 1. The summed E-state index contributed by atoms with van der Waals surface area (Å²) in [6, 6.07) is 17.1. The zero-order valence-corrected chi connectivity index (χ0v) is 16.2. The molecule has 0 aliphatic carbocycles. The van der Waals surface area contributed by atoms with Gasteiger partial charge in [-0.2, -0.15) is 0 Å². The Kier molecular flexibility index (Phi) is 5.71. The summed E-state index contributed by atoms with van der Waals surface area (Å²) in [7, 11) is 0. The third-order valence-corrected chi connectivity index (χ3v) is 4.86. The Morgan fingerprint density at radius 2 is 1.87 bits per heavy atom. The van der Waals surface area contributed by atoms with Crippen LogP contribution in [0.4, 0.5) is 11.5 Å². The second kappa shape index (κ2) is 8.75. The Bertz CT molecular complexity index is 1030. The van der Waals surface area contributed by atoms with Crippen molar-refractivity contribution in [2.75, 3.05) is 25.0 Å². The first-order valence-electron chi connectivity index (χ1n) is 9.60. The number of anilines is 1. The Balaban J connectivity index is 1.36. The summed E-state index contributed by atoms with van der Waals surface area (Å²) in [6.45, 7) is 3.02. The van der Waals surface area contributed by atoms with E-state index in [1.54, 1.807) is 4.57 Å². The standard InChI is InChI=1S/C21H21N5O4/c27-20(22-18-4-2-1-3-5-18)17-8-6-16(7-9-17)14-24-10-11-25-15-19(26(28)29)23-21(25)30-13-12-24/h1-9,15H,10-14H2,(H,22,27). The van der Waals surface area contributed by atoms with E-state index in [0.29, 0.717) is 38.3 Å². The van der Waals surface area contributed by atoms with Crippen molar-refractivity contribution in [3.8, 4) is 6.01 Å². The van der Waals surface area contributed by atoms with E-state index < -0.39 is 4.92 Å². The lowest BCUT2D eigenvalue weighted by Gasteiger charge is -2.24.